The van der Waals surface area contributed by atoms with Crippen molar-refractivity contribution < 1.29 is 4.74 Å². The van der Waals surface area contributed by atoms with Crippen molar-refractivity contribution >= 4 is 11.6 Å². The quantitative estimate of drug-likeness (QED) is 0.628. The Labute approximate surface area is 102 Å². The lowest BCUT2D eigenvalue weighted by Crippen LogP contribution is -2.44. The molecule has 86 valence electrons. The van der Waals surface area contributed by atoms with Crippen molar-refractivity contribution in [3.63, 3.8) is 0 Å². The number of fused-ring (bicyclic) bond motifs is 1. The van der Waals surface area contributed by atoms with Crippen LogP contribution in [0.3, 0.4) is 0 Å². The van der Waals surface area contributed by atoms with Crippen LogP contribution in [0.2, 0.25) is 0 Å². The fourth-order valence-electron chi connectivity index (χ4n) is 3.04. The summed E-state index contributed by atoms with van der Waals surface area (Å²) in [6, 6.07) is 8.72. The molecule has 0 aromatic heterocycles. The molecule has 1 spiro atoms. The number of alkyl halides is 1. The molecule has 2 heteroatoms. The number of aryl methyl sites for hydroxylation is 1. The first-order valence-electron chi connectivity index (χ1n) is 6.12. The van der Waals surface area contributed by atoms with Gasteiger partial charge in [0, 0.05) is 18.4 Å². The lowest BCUT2D eigenvalue weighted by molar-refractivity contribution is -0.0845. The minimum absolute atomic E-state index is 0.0407. The molecule has 1 nitrogen and oxygen atoms in total. The highest BCUT2D eigenvalue weighted by Crippen LogP contribution is 2.39. The molecule has 0 radical (unpaired) electrons. The zero-order valence-corrected chi connectivity index (χ0v) is 10.2. The van der Waals surface area contributed by atoms with Gasteiger partial charge in [-0.25, -0.2) is 0 Å². The maximum absolute atomic E-state index is 6.29. The van der Waals surface area contributed by atoms with Gasteiger partial charge in [-0.3, -0.25) is 0 Å². The highest BCUT2D eigenvalue weighted by Gasteiger charge is 2.39. The molecule has 1 aromatic rings. The number of ether oxygens (including phenoxy) is 1. The second-order valence-corrected chi connectivity index (χ2v) is 5.68. The molecule has 1 fully saturated rings. The van der Waals surface area contributed by atoms with Crippen LogP contribution in [0.4, 0.5) is 0 Å². The van der Waals surface area contributed by atoms with Gasteiger partial charge >= 0.3 is 0 Å². The van der Waals surface area contributed by atoms with Crippen LogP contribution in [0.1, 0.15) is 30.4 Å². The van der Waals surface area contributed by atoms with Gasteiger partial charge in [0.15, 0.2) is 0 Å². The maximum atomic E-state index is 6.29. The lowest BCUT2D eigenvalue weighted by Gasteiger charge is -2.42. The van der Waals surface area contributed by atoms with Crippen molar-refractivity contribution in [2.24, 2.45) is 0 Å². The third-order valence-corrected chi connectivity index (χ3v) is 4.29. The molecular formula is C14H17ClO. The van der Waals surface area contributed by atoms with Crippen molar-refractivity contribution in [1.29, 1.82) is 0 Å². The van der Waals surface area contributed by atoms with E-state index in [1.54, 1.807) is 0 Å². The Morgan fingerprint density at radius 1 is 1.25 bits per heavy atom. The molecule has 0 N–H and O–H groups in total. The maximum Gasteiger partial charge on any atom is 0.0740 e. The first-order chi connectivity index (χ1) is 7.77. The van der Waals surface area contributed by atoms with Gasteiger partial charge in [-0.05, 0) is 36.8 Å². The number of hydrogen-bond donors (Lipinski definition) is 0. The molecule has 16 heavy (non-hydrogen) atoms. The van der Waals surface area contributed by atoms with E-state index in [1.165, 1.54) is 11.1 Å². The second-order valence-electron chi connectivity index (χ2n) is 5.07. The van der Waals surface area contributed by atoms with Gasteiger partial charge in [0.1, 0.15) is 0 Å². The van der Waals surface area contributed by atoms with E-state index in [-0.39, 0.29) is 5.60 Å². The van der Waals surface area contributed by atoms with E-state index >= 15 is 0 Å². The predicted octanol–water partition coefficient (Wildman–Crippen LogP) is 3.33. The Hall–Kier alpha value is -0.530. The van der Waals surface area contributed by atoms with Gasteiger partial charge in [-0.15, -0.1) is 11.6 Å². The summed E-state index contributed by atoms with van der Waals surface area (Å²) in [7, 11) is 0. The van der Waals surface area contributed by atoms with Gasteiger partial charge in [0.25, 0.3) is 0 Å². The summed E-state index contributed by atoms with van der Waals surface area (Å²) in [6.07, 6.45) is 5.34. The van der Waals surface area contributed by atoms with Crippen molar-refractivity contribution in [3.05, 3.63) is 35.4 Å². The molecule has 0 amide bonds. The standard InChI is InChI=1S/C14H17ClO/c15-13-6-8-16-14(10-13)7-5-11-3-1-2-4-12(11)9-14/h1-4,13H,5-10H2/t13-,14-/m1/s1. The molecule has 0 bridgehead atoms. The average Bonchev–Trinajstić information content (AvgIpc) is 2.28. The fourth-order valence-corrected chi connectivity index (χ4v) is 3.41. The summed E-state index contributed by atoms with van der Waals surface area (Å²) in [5.41, 5.74) is 2.99. The minimum Gasteiger partial charge on any atom is -0.375 e. The Balaban J connectivity index is 1.86. The number of rotatable bonds is 0. The van der Waals surface area contributed by atoms with E-state index in [9.17, 15) is 0 Å². The van der Waals surface area contributed by atoms with Gasteiger partial charge < -0.3 is 4.74 Å². The average molecular weight is 237 g/mol. The van der Waals surface area contributed by atoms with Gasteiger partial charge in [-0.2, -0.15) is 0 Å². The van der Waals surface area contributed by atoms with E-state index in [0.717, 1.165) is 38.7 Å². The number of halogens is 1. The fraction of sp³-hybridized carbons (Fsp3) is 0.571. The van der Waals surface area contributed by atoms with Crippen molar-refractivity contribution in [2.75, 3.05) is 6.61 Å². The molecule has 1 aliphatic heterocycles. The van der Waals surface area contributed by atoms with Crippen LogP contribution in [0, 0.1) is 0 Å². The molecular weight excluding hydrogens is 220 g/mol. The Morgan fingerprint density at radius 3 is 2.88 bits per heavy atom. The highest BCUT2D eigenvalue weighted by molar-refractivity contribution is 6.20. The summed E-state index contributed by atoms with van der Waals surface area (Å²) in [5.74, 6) is 0. The third-order valence-electron chi connectivity index (χ3n) is 3.91. The van der Waals surface area contributed by atoms with Crippen molar-refractivity contribution in [3.8, 4) is 0 Å². The van der Waals surface area contributed by atoms with Crippen molar-refractivity contribution in [1.82, 2.24) is 0 Å². The molecule has 2 aliphatic rings. The van der Waals surface area contributed by atoms with Crippen LogP contribution >= 0.6 is 11.6 Å². The summed E-state index contributed by atoms with van der Waals surface area (Å²) >= 11 is 6.29. The second kappa shape index (κ2) is 4.05. The number of benzene rings is 1. The van der Waals surface area contributed by atoms with E-state index in [2.05, 4.69) is 24.3 Å². The summed E-state index contributed by atoms with van der Waals surface area (Å²) in [5, 5.41) is 0.305. The third kappa shape index (κ3) is 1.87. The predicted molar refractivity (Wildman–Crippen MR) is 66.0 cm³/mol. The smallest absolute Gasteiger partial charge is 0.0740 e. The Bertz CT molecular complexity index is 390. The van der Waals surface area contributed by atoms with Crippen LogP contribution in [0.5, 0.6) is 0 Å². The largest absolute Gasteiger partial charge is 0.375 e. The van der Waals surface area contributed by atoms with E-state index < -0.39 is 0 Å². The van der Waals surface area contributed by atoms with Crippen LogP contribution in [-0.2, 0) is 17.6 Å². The molecule has 1 aromatic carbocycles. The molecule has 1 aliphatic carbocycles. The molecule has 1 heterocycles. The monoisotopic (exact) mass is 236 g/mol. The summed E-state index contributed by atoms with van der Waals surface area (Å²) in [6.45, 7) is 0.830. The zero-order valence-electron chi connectivity index (χ0n) is 9.42. The molecule has 0 saturated carbocycles. The number of hydrogen-bond acceptors (Lipinski definition) is 1. The minimum atomic E-state index is 0.0407. The molecule has 2 atom stereocenters. The Morgan fingerprint density at radius 2 is 2.06 bits per heavy atom. The molecule has 1 saturated heterocycles. The Kier molecular flexibility index (Phi) is 2.68. The van der Waals surface area contributed by atoms with E-state index in [4.69, 9.17) is 16.3 Å². The van der Waals surface area contributed by atoms with Crippen LogP contribution < -0.4 is 0 Å². The normalized spacial score (nSPS) is 33.7. The summed E-state index contributed by atoms with van der Waals surface area (Å²) in [4.78, 5) is 0. The SMILES string of the molecule is Cl[C@@H]1CCO[C@@]2(CCc3ccccc3C2)C1. The van der Waals surface area contributed by atoms with E-state index in [0.29, 0.717) is 5.38 Å². The molecule has 3 rings (SSSR count). The molecule has 0 unspecified atom stereocenters. The lowest BCUT2D eigenvalue weighted by atomic mass is 9.76. The van der Waals surface area contributed by atoms with Crippen LogP contribution in [0.15, 0.2) is 24.3 Å². The first kappa shape index (κ1) is 10.6. The zero-order chi connectivity index (χ0) is 11.0. The van der Waals surface area contributed by atoms with Crippen LogP contribution in [-0.4, -0.2) is 17.6 Å². The highest BCUT2D eigenvalue weighted by atomic mass is 35.5. The van der Waals surface area contributed by atoms with Gasteiger partial charge in [0.2, 0.25) is 0 Å². The van der Waals surface area contributed by atoms with Gasteiger partial charge in [0.05, 0.1) is 5.60 Å². The van der Waals surface area contributed by atoms with Crippen molar-refractivity contribution in [2.45, 2.75) is 43.1 Å². The first-order valence-corrected chi connectivity index (χ1v) is 6.56. The summed E-state index contributed by atoms with van der Waals surface area (Å²) < 4.78 is 6.05. The topological polar surface area (TPSA) is 9.23 Å². The van der Waals surface area contributed by atoms with Crippen LogP contribution in [0.25, 0.3) is 0 Å². The van der Waals surface area contributed by atoms with E-state index in [1.807, 2.05) is 0 Å². The van der Waals surface area contributed by atoms with Gasteiger partial charge in [-0.1, -0.05) is 24.3 Å².